The Morgan fingerprint density at radius 2 is 1.67 bits per heavy atom. The fourth-order valence-corrected chi connectivity index (χ4v) is 5.65. The third kappa shape index (κ3) is 8.00. The van der Waals surface area contributed by atoms with Gasteiger partial charge in [0.2, 0.25) is 15.9 Å². The van der Waals surface area contributed by atoms with Crippen molar-refractivity contribution < 1.29 is 17.9 Å². The maximum atomic E-state index is 13.5. The van der Waals surface area contributed by atoms with Gasteiger partial charge in [0, 0.05) is 49.3 Å². The molecule has 3 aromatic carbocycles. The lowest BCUT2D eigenvalue weighted by Crippen LogP contribution is -2.49. The Labute approximate surface area is 251 Å². The molecule has 0 bridgehead atoms. The summed E-state index contributed by atoms with van der Waals surface area (Å²) in [5.74, 6) is 1.00. The molecule has 0 atom stereocenters. The molecule has 1 aliphatic rings. The van der Waals surface area contributed by atoms with Gasteiger partial charge in [-0.05, 0) is 66.9 Å². The van der Waals surface area contributed by atoms with Crippen molar-refractivity contribution in [1.29, 1.82) is 0 Å². The molecule has 4 aromatic rings. The molecule has 1 aromatic heterocycles. The van der Waals surface area contributed by atoms with Gasteiger partial charge < -0.3 is 10.1 Å². The van der Waals surface area contributed by atoms with Crippen LogP contribution >= 0.6 is 11.6 Å². The fraction of sp³-hybridized carbons (Fsp3) is 0.226. The summed E-state index contributed by atoms with van der Waals surface area (Å²) in [5, 5.41) is 3.48. The van der Waals surface area contributed by atoms with E-state index in [1.54, 1.807) is 42.6 Å². The van der Waals surface area contributed by atoms with Crippen LogP contribution in [0.3, 0.4) is 0 Å². The second-order valence-electron chi connectivity index (χ2n) is 10.1. The molecule has 1 fully saturated rings. The normalized spacial score (nSPS) is 14.2. The lowest BCUT2D eigenvalue weighted by atomic mass is 10.0. The average molecular weight is 606 g/mol. The van der Waals surface area contributed by atoms with Crippen molar-refractivity contribution in [1.82, 2.24) is 9.88 Å². The summed E-state index contributed by atoms with van der Waals surface area (Å²) in [4.78, 5) is 22.1. The van der Waals surface area contributed by atoms with Crippen molar-refractivity contribution in [2.75, 3.05) is 34.3 Å². The molecule has 2 amide bonds. The third-order valence-electron chi connectivity index (χ3n) is 6.87. The van der Waals surface area contributed by atoms with Crippen LogP contribution in [-0.2, 0) is 16.6 Å². The summed E-state index contributed by atoms with van der Waals surface area (Å²) in [6.07, 6.45) is 4.55. The number of hydrogen-bond donors (Lipinski definition) is 2. The molecule has 2 heterocycles. The maximum absolute atomic E-state index is 13.5. The van der Waals surface area contributed by atoms with E-state index in [0.717, 1.165) is 50.0 Å². The fourth-order valence-electron chi connectivity index (χ4n) is 4.91. The smallest absolute Gasteiger partial charge is 0.326 e. The van der Waals surface area contributed by atoms with Crippen molar-refractivity contribution in [3.8, 4) is 11.6 Å². The maximum Gasteiger partial charge on any atom is 0.326 e. The number of aromatic nitrogens is 1. The second-order valence-corrected chi connectivity index (χ2v) is 12.3. The molecule has 0 aliphatic carbocycles. The van der Waals surface area contributed by atoms with Crippen LogP contribution in [0.25, 0.3) is 0 Å². The van der Waals surface area contributed by atoms with Gasteiger partial charge in [-0.25, -0.2) is 18.2 Å². The summed E-state index contributed by atoms with van der Waals surface area (Å²) in [5.41, 5.74) is 2.96. The number of pyridine rings is 1. The minimum atomic E-state index is -3.34. The molecular formula is C31H32ClN5O4S. The Kier molecular flexibility index (Phi) is 9.26. The number of carbonyl (C=O) groups is 1. The van der Waals surface area contributed by atoms with Crippen molar-refractivity contribution in [2.24, 2.45) is 0 Å². The van der Waals surface area contributed by atoms with Crippen LogP contribution in [-0.4, -0.2) is 49.7 Å². The molecule has 11 heteroatoms. The zero-order valence-electron chi connectivity index (χ0n) is 23.1. The van der Waals surface area contributed by atoms with Crippen LogP contribution in [0.15, 0.2) is 97.2 Å². The molecule has 0 radical (unpaired) electrons. The van der Waals surface area contributed by atoms with E-state index >= 15 is 0 Å². The van der Waals surface area contributed by atoms with Crippen LogP contribution in [0.2, 0.25) is 5.02 Å². The lowest BCUT2D eigenvalue weighted by Gasteiger charge is -2.38. The zero-order valence-corrected chi connectivity index (χ0v) is 24.7. The number of carbonyl (C=O) groups excluding carboxylic acids is 1. The predicted molar refractivity (Wildman–Crippen MR) is 167 cm³/mol. The number of piperidine rings is 1. The molecule has 9 nitrogen and oxygen atoms in total. The zero-order chi connectivity index (χ0) is 29.5. The van der Waals surface area contributed by atoms with Crippen LogP contribution in [0.4, 0.5) is 21.9 Å². The van der Waals surface area contributed by atoms with Crippen LogP contribution in [0.5, 0.6) is 11.6 Å². The van der Waals surface area contributed by atoms with E-state index < -0.39 is 10.0 Å². The molecule has 0 spiro atoms. The Morgan fingerprint density at radius 1 is 0.976 bits per heavy atom. The number of para-hydroxylation sites is 2. The van der Waals surface area contributed by atoms with Crippen molar-refractivity contribution >= 4 is 44.7 Å². The first-order valence-corrected chi connectivity index (χ1v) is 15.8. The second kappa shape index (κ2) is 13.2. The van der Waals surface area contributed by atoms with E-state index in [4.69, 9.17) is 16.3 Å². The monoisotopic (exact) mass is 605 g/mol. The average Bonchev–Trinajstić information content (AvgIpc) is 2.97. The number of benzene rings is 3. The van der Waals surface area contributed by atoms with Crippen molar-refractivity contribution in [2.45, 2.75) is 25.4 Å². The first kappa shape index (κ1) is 29.4. The highest BCUT2D eigenvalue weighted by Crippen LogP contribution is 2.28. The van der Waals surface area contributed by atoms with Gasteiger partial charge in [-0.3, -0.25) is 14.5 Å². The minimum absolute atomic E-state index is 0.0408. The first-order chi connectivity index (χ1) is 20.2. The highest BCUT2D eigenvalue weighted by Gasteiger charge is 2.29. The van der Waals surface area contributed by atoms with Gasteiger partial charge in [0.1, 0.15) is 5.75 Å². The number of anilines is 3. The van der Waals surface area contributed by atoms with Gasteiger partial charge >= 0.3 is 6.03 Å². The standard InChI is InChI=1S/C31H32ClN5O4S/c1-42(39,40)35-24-12-14-27(15-13-24)41-30-16-11-23(21-33-30)22-36-19-17-26(18-20-36)37(25-7-3-2-4-8-25)31(38)34-29-10-6-5-9-28(29)32/h2-16,21,26,35H,17-20,22H2,1H3,(H,34,38). The molecule has 1 aliphatic heterocycles. The van der Waals surface area contributed by atoms with E-state index in [0.29, 0.717) is 28.0 Å². The number of amides is 2. The van der Waals surface area contributed by atoms with E-state index in [9.17, 15) is 13.2 Å². The van der Waals surface area contributed by atoms with Crippen LogP contribution in [0, 0.1) is 0 Å². The Balaban J connectivity index is 1.17. The van der Waals surface area contributed by atoms with Crippen molar-refractivity contribution in [3.05, 3.63) is 108 Å². The molecule has 2 N–H and O–H groups in total. The van der Waals surface area contributed by atoms with E-state index in [1.165, 1.54) is 0 Å². The third-order valence-corrected chi connectivity index (χ3v) is 7.81. The summed E-state index contributed by atoms with van der Waals surface area (Å²) < 4.78 is 31.0. The van der Waals surface area contributed by atoms with Crippen LogP contribution in [0.1, 0.15) is 18.4 Å². The Morgan fingerprint density at radius 3 is 2.31 bits per heavy atom. The number of ether oxygens (including phenoxy) is 1. The minimum Gasteiger partial charge on any atom is -0.439 e. The van der Waals surface area contributed by atoms with Gasteiger partial charge in [-0.1, -0.05) is 48.0 Å². The molecule has 0 unspecified atom stereocenters. The summed E-state index contributed by atoms with van der Waals surface area (Å²) in [6, 6.07) is 27.2. The van der Waals surface area contributed by atoms with E-state index in [2.05, 4.69) is 19.9 Å². The Bertz CT molecular complexity index is 1590. The topological polar surface area (TPSA) is 104 Å². The SMILES string of the molecule is CS(=O)(=O)Nc1ccc(Oc2ccc(CN3CCC(N(C(=O)Nc4ccccc4Cl)c4ccccc4)CC3)cn2)cc1. The van der Waals surface area contributed by atoms with Gasteiger partial charge in [0.15, 0.2) is 0 Å². The van der Waals surface area contributed by atoms with Gasteiger partial charge in [-0.15, -0.1) is 0 Å². The molecule has 5 rings (SSSR count). The van der Waals surface area contributed by atoms with Gasteiger partial charge in [-0.2, -0.15) is 0 Å². The highest BCUT2D eigenvalue weighted by atomic mass is 35.5. The highest BCUT2D eigenvalue weighted by molar-refractivity contribution is 7.92. The quantitative estimate of drug-likeness (QED) is 0.223. The molecular weight excluding hydrogens is 574 g/mol. The van der Waals surface area contributed by atoms with Crippen molar-refractivity contribution in [3.63, 3.8) is 0 Å². The van der Waals surface area contributed by atoms with Crippen LogP contribution < -0.4 is 19.7 Å². The number of hydrogen-bond acceptors (Lipinski definition) is 6. The molecule has 0 saturated carbocycles. The van der Waals surface area contributed by atoms with E-state index in [1.807, 2.05) is 59.5 Å². The number of likely N-dealkylation sites (tertiary alicyclic amines) is 1. The summed E-state index contributed by atoms with van der Waals surface area (Å²) >= 11 is 6.30. The number of nitrogens with one attached hydrogen (secondary N) is 2. The number of halogens is 1. The predicted octanol–water partition coefficient (Wildman–Crippen LogP) is 6.60. The summed E-state index contributed by atoms with van der Waals surface area (Å²) in [6.45, 7) is 2.40. The van der Waals surface area contributed by atoms with Gasteiger partial charge in [0.05, 0.1) is 17.0 Å². The number of rotatable bonds is 9. The lowest BCUT2D eigenvalue weighted by molar-refractivity contribution is 0.199. The molecule has 1 saturated heterocycles. The number of urea groups is 1. The molecule has 218 valence electrons. The first-order valence-electron chi connectivity index (χ1n) is 13.6. The number of nitrogens with zero attached hydrogens (tertiary/aromatic N) is 3. The Hall–Kier alpha value is -4.12. The van der Waals surface area contributed by atoms with Gasteiger partial charge in [0.25, 0.3) is 0 Å². The number of sulfonamides is 1. The largest absolute Gasteiger partial charge is 0.439 e. The molecule has 42 heavy (non-hydrogen) atoms. The van der Waals surface area contributed by atoms with E-state index in [-0.39, 0.29) is 12.1 Å². The summed E-state index contributed by atoms with van der Waals surface area (Å²) in [7, 11) is -3.34.